The molecule has 5 nitrogen and oxygen atoms in total. The van der Waals surface area contributed by atoms with Crippen molar-refractivity contribution < 1.29 is 9.59 Å². The molecule has 1 aliphatic heterocycles. The zero-order valence-corrected chi connectivity index (χ0v) is 13.1. The fourth-order valence-electron chi connectivity index (χ4n) is 2.31. The number of nitrogens with one attached hydrogen (secondary N) is 2. The molecular formula is C15H29N3O2. The van der Waals surface area contributed by atoms with Gasteiger partial charge in [-0.05, 0) is 33.6 Å². The predicted octanol–water partition coefficient (Wildman–Crippen LogP) is 1.28. The van der Waals surface area contributed by atoms with Crippen LogP contribution in [0.3, 0.4) is 0 Å². The highest BCUT2D eigenvalue weighted by atomic mass is 16.2. The van der Waals surface area contributed by atoms with E-state index in [-0.39, 0.29) is 17.4 Å². The Morgan fingerprint density at radius 2 is 1.65 bits per heavy atom. The Morgan fingerprint density at radius 1 is 1.05 bits per heavy atom. The summed E-state index contributed by atoms with van der Waals surface area (Å²) in [5, 5.41) is 5.97. The van der Waals surface area contributed by atoms with E-state index in [0.717, 1.165) is 25.9 Å². The molecule has 1 saturated heterocycles. The molecular weight excluding hydrogens is 254 g/mol. The van der Waals surface area contributed by atoms with Gasteiger partial charge in [-0.1, -0.05) is 12.8 Å². The summed E-state index contributed by atoms with van der Waals surface area (Å²) in [4.78, 5) is 25.5. The third kappa shape index (κ3) is 7.48. The molecule has 0 atom stereocenters. The maximum absolute atomic E-state index is 12.0. The molecule has 0 aromatic heterocycles. The lowest BCUT2D eigenvalue weighted by molar-refractivity contribution is -0.130. The van der Waals surface area contributed by atoms with Crippen LogP contribution in [-0.2, 0) is 9.59 Å². The van der Waals surface area contributed by atoms with Gasteiger partial charge in [-0.3, -0.25) is 9.59 Å². The maximum Gasteiger partial charge on any atom is 0.236 e. The molecule has 1 aliphatic rings. The molecule has 2 N–H and O–H groups in total. The van der Waals surface area contributed by atoms with Gasteiger partial charge in [0.05, 0.1) is 6.54 Å². The molecule has 0 radical (unpaired) electrons. The van der Waals surface area contributed by atoms with Gasteiger partial charge in [-0.25, -0.2) is 0 Å². The second kappa shape index (κ2) is 8.25. The second-order valence-corrected chi connectivity index (χ2v) is 6.52. The SMILES string of the molecule is CC(C)(C)NC(=O)CCNCC(=O)N1CCCCCC1. The van der Waals surface area contributed by atoms with Crippen LogP contribution in [0, 0.1) is 0 Å². The molecule has 1 fully saturated rings. The molecule has 0 saturated carbocycles. The van der Waals surface area contributed by atoms with Crippen LogP contribution in [0.15, 0.2) is 0 Å². The van der Waals surface area contributed by atoms with Crippen molar-refractivity contribution in [1.29, 1.82) is 0 Å². The second-order valence-electron chi connectivity index (χ2n) is 6.52. The van der Waals surface area contributed by atoms with E-state index in [1.54, 1.807) is 0 Å². The summed E-state index contributed by atoms with van der Waals surface area (Å²) in [5.74, 6) is 0.176. The molecule has 20 heavy (non-hydrogen) atoms. The fraction of sp³-hybridized carbons (Fsp3) is 0.867. The minimum Gasteiger partial charge on any atom is -0.351 e. The summed E-state index contributed by atoms with van der Waals surface area (Å²) < 4.78 is 0. The van der Waals surface area contributed by atoms with Crippen LogP contribution < -0.4 is 10.6 Å². The normalized spacial score (nSPS) is 16.6. The molecule has 0 aromatic carbocycles. The number of carbonyl (C=O) groups is 2. The first-order valence-corrected chi connectivity index (χ1v) is 7.68. The van der Waals surface area contributed by atoms with Crippen LogP contribution >= 0.6 is 0 Å². The van der Waals surface area contributed by atoms with Gasteiger partial charge in [-0.15, -0.1) is 0 Å². The summed E-state index contributed by atoms with van der Waals surface area (Å²) in [6.45, 7) is 8.52. The van der Waals surface area contributed by atoms with Gasteiger partial charge in [0.15, 0.2) is 0 Å². The smallest absolute Gasteiger partial charge is 0.236 e. The first-order valence-electron chi connectivity index (χ1n) is 7.68. The van der Waals surface area contributed by atoms with Crippen LogP contribution in [0.5, 0.6) is 0 Å². The number of amides is 2. The molecule has 0 unspecified atom stereocenters. The fourth-order valence-corrected chi connectivity index (χ4v) is 2.31. The van der Waals surface area contributed by atoms with Crippen molar-refractivity contribution in [3.63, 3.8) is 0 Å². The minimum atomic E-state index is -0.195. The molecule has 5 heteroatoms. The first kappa shape index (κ1) is 17.0. The van der Waals surface area contributed by atoms with Gasteiger partial charge < -0.3 is 15.5 Å². The number of hydrogen-bond donors (Lipinski definition) is 2. The van der Waals surface area contributed by atoms with E-state index in [4.69, 9.17) is 0 Å². The molecule has 116 valence electrons. The van der Waals surface area contributed by atoms with Crippen LogP contribution in [0.25, 0.3) is 0 Å². The predicted molar refractivity (Wildman–Crippen MR) is 80.4 cm³/mol. The van der Waals surface area contributed by atoms with E-state index in [2.05, 4.69) is 10.6 Å². The Labute approximate surface area is 122 Å². The van der Waals surface area contributed by atoms with E-state index in [1.807, 2.05) is 25.7 Å². The van der Waals surface area contributed by atoms with E-state index in [1.165, 1.54) is 12.8 Å². The largest absolute Gasteiger partial charge is 0.351 e. The highest BCUT2D eigenvalue weighted by Gasteiger charge is 2.16. The van der Waals surface area contributed by atoms with Crippen molar-refractivity contribution in [2.45, 2.75) is 58.4 Å². The molecule has 0 aliphatic carbocycles. The van der Waals surface area contributed by atoms with Crippen LogP contribution in [0.1, 0.15) is 52.9 Å². The van der Waals surface area contributed by atoms with Crippen molar-refractivity contribution in [3.05, 3.63) is 0 Å². The standard InChI is InChI=1S/C15H29N3O2/c1-15(2,3)17-13(19)8-9-16-12-14(20)18-10-6-4-5-7-11-18/h16H,4-12H2,1-3H3,(H,17,19). The molecule has 0 aromatic rings. The van der Waals surface area contributed by atoms with Gasteiger partial charge in [0, 0.05) is 31.6 Å². The van der Waals surface area contributed by atoms with Crippen molar-refractivity contribution >= 4 is 11.8 Å². The highest BCUT2D eigenvalue weighted by Crippen LogP contribution is 2.09. The van der Waals surface area contributed by atoms with Crippen molar-refractivity contribution in [2.75, 3.05) is 26.2 Å². The monoisotopic (exact) mass is 283 g/mol. The van der Waals surface area contributed by atoms with Gasteiger partial charge in [0.25, 0.3) is 0 Å². The summed E-state index contributed by atoms with van der Waals surface area (Å²) in [6.07, 6.45) is 5.08. The maximum atomic E-state index is 12.0. The lowest BCUT2D eigenvalue weighted by Gasteiger charge is -2.21. The van der Waals surface area contributed by atoms with Gasteiger partial charge >= 0.3 is 0 Å². The average Bonchev–Trinajstić information content (AvgIpc) is 2.61. The van der Waals surface area contributed by atoms with Crippen molar-refractivity contribution in [3.8, 4) is 0 Å². The van der Waals surface area contributed by atoms with Crippen LogP contribution in [0.2, 0.25) is 0 Å². The van der Waals surface area contributed by atoms with E-state index in [9.17, 15) is 9.59 Å². The summed E-state index contributed by atoms with van der Waals surface area (Å²) >= 11 is 0. The number of likely N-dealkylation sites (tertiary alicyclic amines) is 1. The number of nitrogens with zero attached hydrogens (tertiary/aromatic N) is 1. The van der Waals surface area contributed by atoms with Gasteiger partial charge in [0.1, 0.15) is 0 Å². The van der Waals surface area contributed by atoms with Crippen molar-refractivity contribution in [1.82, 2.24) is 15.5 Å². The Kier molecular flexibility index (Phi) is 6.99. The van der Waals surface area contributed by atoms with Gasteiger partial charge in [0.2, 0.25) is 11.8 Å². The lowest BCUT2D eigenvalue weighted by atomic mass is 10.1. The topological polar surface area (TPSA) is 61.4 Å². The molecule has 1 heterocycles. The summed E-state index contributed by atoms with van der Waals surface area (Å²) in [6, 6.07) is 0. The Morgan fingerprint density at radius 3 is 2.20 bits per heavy atom. The molecule has 1 rings (SSSR count). The van der Waals surface area contributed by atoms with Crippen LogP contribution in [-0.4, -0.2) is 48.4 Å². The van der Waals surface area contributed by atoms with Crippen LogP contribution in [0.4, 0.5) is 0 Å². The van der Waals surface area contributed by atoms with Crippen molar-refractivity contribution in [2.24, 2.45) is 0 Å². The Bertz CT molecular complexity index is 316. The van der Waals surface area contributed by atoms with E-state index in [0.29, 0.717) is 19.5 Å². The molecule has 0 spiro atoms. The average molecular weight is 283 g/mol. The lowest BCUT2D eigenvalue weighted by Crippen LogP contribution is -2.43. The van der Waals surface area contributed by atoms with Gasteiger partial charge in [-0.2, -0.15) is 0 Å². The number of hydrogen-bond acceptors (Lipinski definition) is 3. The zero-order chi connectivity index (χ0) is 15.0. The minimum absolute atomic E-state index is 0.0206. The Balaban J connectivity index is 2.14. The molecule has 2 amide bonds. The first-order chi connectivity index (χ1) is 9.38. The summed E-state index contributed by atoms with van der Waals surface area (Å²) in [7, 11) is 0. The summed E-state index contributed by atoms with van der Waals surface area (Å²) in [5.41, 5.74) is -0.195. The quantitative estimate of drug-likeness (QED) is 0.747. The third-order valence-electron chi connectivity index (χ3n) is 3.28. The Hall–Kier alpha value is -1.10. The number of carbonyl (C=O) groups excluding carboxylic acids is 2. The van der Waals surface area contributed by atoms with E-state index < -0.39 is 0 Å². The van der Waals surface area contributed by atoms with E-state index >= 15 is 0 Å². The zero-order valence-electron chi connectivity index (χ0n) is 13.1. The highest BCUT2D eigenvalue weighted by molar-refractivity contribution is 5.79. The number of rotatable bonds is 5. The molecule has 0 bridgehead atoms. The third-order valence-corrected chi connectivity index (χ3v) is 3.28.